The van der Waals surface area contributed by atoms with Crippen LogP contribution in [0.15, 0.2) is 48.5 Å². The average molecular weight is 274 g/mol. The third kappa shape index (κ3) is 3.36. The van der Waals surface area contributed by atoms with Gasteiger partial charge in [0.05, 0.1) is 0 Å². The summed E-state index contributed by atoms with van der Waals surface area (Å²) in [5.74, 6) is -0.0456. The summed E-state index contributed by atoms with van der Waals surface area (Å²) in [5.41, 5.74) is 2.55. The van der Waals surface area contributed by atoms with Gasteiger partial charge in [0.2, 0.25) is 0 Å². The average Bonchev–Trinajstić information content (AvgIpc) is 2.45. The van der Waals surface area contributed by atoms with E-state index in [4.69, 9.17) is 11.6 Å². The van der Waals surface area contributed by atoms with Crippen LogP contribution in [0.3, 0.4) is 0 Å². The number of amides is 1. The minimum Gasteiger partial charge on any atom is -0.352 e. The summed E-state index contributed by atoms with van der Waals surface area (Å²) in [7, 11) is 0. The van der Waals surface area contributed by atoms with Crippen molar-refractivity contribution in [3.05, 3.63) is 59.1 Å². The van der Waals surface area contributed by atoms with Crippen molar-refractivity contribution < 1.29 is 4.79 Å². The molecular weight excluding hydrogens is 258 g/mol. The fourth-order valence-electron chi connectivity index (χ4n) is 1.86. The van der Waals surface area contributed by atoms with Gasteiger partial charge in [0, 0.05) is 22.7 Å². The molecule has 0 aromatic heterocycles. The smallest absolute Gasteiger partial charge is 0.251 e. The van der Waals surface area contributed by atoms with Crippen LogP contribution in [-0.4, -0.2) is 12.5 Å². The van der Waals surface area contributed by atoms with Crippen molar-refractivity contribution in [1.29, 1.82) is 0 Å². The number of carbonyl (C=O) groups excluding carboxylic acids is 1. The van der Waals surface area contributed by atoms with Gasteiger partial charge < -0.3 is 5.32 Å². The highest BCUT2D eigenvalue weighted by atomic mass is 35.5. The van der Waals surface area contributed by atoms with Gasteiger partial charge in [0.15, 0.2) is 0 Å². The Bertz CT molecular complexity index is 580. The molecule has 0 aliphatic carbocycles. The maximum absolute atomic E-state index is 11.9. The molecule has 1 N–H and O–H groups in total. The number of halogens is 1. The third-order valence-electron chi connectivity index (χ3n) is 2.85. The van der Waals surface area contributed by atoms with E-state index in [1.807, 2.05) is 55.5 Å². The van der Waals surface area contributed by atoms with Crippen LogP contribution in [0.4, 0.5) is 0 Å². The summed E-state index contributed by atoms with van der Waals surface area (Å²) in [5, 5.41) is 3.56. The number of nitrogens with one attached hydrogen (secondary N) is 1. The van der Waals surface area contributed by atoms with Crippen LogP contribution in [0.1, 0.15) is 23.7 Å². The molecule has 0 unspecified atom stereocenters. The second kappa shape index (κ2) is 6.39. The van der Waals surface area contributed by atoms with E-state index in [2.05, 4.69) is 5.32 Å². The molecular formula is C16H16ClNO. The zero-order valence-electron chi connectivity index (χ0n) is 10.8. The van der Waals surface area contributed by atoms with Gasteiger partial charge in [-0.05, 0) is 30.2 Å². The lowest BCUT2D eigenvalue weighted by Gasteiger charge is -2.07. The monoisotopic (exact) mass is 273 g/mol. The first-order valence-electron chi connectivity index (χ1n) is 6.35. The summed E-state index contributed by atoms with van der Waals surface area (Å²) < 4.78 is 0. The SMILES string of the molecule is CCCNC(=O)c1cccc(-c2ccccc2Cl)c1. The van der Waals surface area contributed by atoms with Crippen molar-refractivity contribution in [2.24, 2.45) is 0 Å². The molecule has 19 heavy (non-hydrogen) atoms. The van der Waals surface area contributed by atoms with Crippen molar-refractivity contribution in [3.63, 3.8) is 0 Å². The lowest BCUT2D eigenvalue weighted by Crippen LogP contribution is -2.23. The standard InChI is InChI=1S/C16H16ClNO/c1-2-10-18-16(19)13-7-5-6-12(11-13)14-8-3-4-9-15(14)17/h3-9,11H,2,10H2,1H3,(H,18,19). The zero-order valence-corrected chi connectivity index (χ0v) is 11.6. The van der Waals surface area contributed by atoms with Gasteiger partial charge in [-0.1, -0.05) is 48.9 Å². The molecule has 3 heteroatoms. The minimum atomic E-state index is -0.0456. The van der Waals surface area contributed by atoms with Crippen LogP contribution >= 0.6 is 11.6 Å². The molecule has 2 aromatic carbocycles. The largest absolute Gasteiger partial charge is 0.352 e. The summed E-state index contributed by atoms with van der Waals surface area (Å²) in [6.45, 7) is 2.72. The van der Waals surface area contributed by atoms with Crippen molar-refractivity contribution in [2.75, 3.05) is 6.54 Å². The highest BCUT2D eigenvalue weighted by Gasteiger charge is 2.07. The first-order chi connectivity index (χ1) is 9.22. The van der Waals surface area contributed by atoms with Gasteiger partial charge in [-0.3, -0.25) is 4.79 Å². The molecule has 0 spiro atoms. The molecule has 0 aliphatic rings. The third-order valence-corrected chi connectivity index (χ3v) is 3.17. The predicted molar refractivity (Wildman–Crippen MR) is 79.5 cm³/mol. The maximum atomic E-state index is 11.9. The Morgan fingerprint density at radius 2 is 1.95 bits per heavy atom. The highest BCUT2D eigenvalue weighted by Crippen LogP contribution is 2.27. The first-order valence-corrected chi connectivity index (χ1v) is 6.73. The molecule has 2 aromatic rings. The molecule has 98 valence electrons. The zero-order chi connectivity index (χ0) is 13.7. The molecule has 0 radical (unpaired) electrons. The number of hydrogen-bond donors (Lipinski definition) is 1. The van der Waals surface area contributed by atoms with Crippen molar-refractivity contribution >= 4 is 17.5 Å². The van der Waals surface area contributed by atoms with E-state index in [-0.39, 0.29) is 5.91 Å². The van der Waals surface area contributed by atoms with Gasteiger partial charge in [0.1, 0.15) is 0 Å². The number of hydrogen-bond acceptors (Lipinski definition) is 1. The van der Waals surface area contributed by atoms with Gasteiger partial charge in [-0.25, -0.2) is 0 Å². The molecule has 1 amide bonds. The van der Waals surface area contributed by atoms with Gasteiger partial charge >= 0.3 is 0 Å². The second-order valence-corrected chi connectivity index (χ2v) is 4.72. The summed E-state index contributed by atoms with van der Waals surface area (Å²) in [6.07, 6.45) is 0.927. The molecule has 2 nitrogen and oxygen atoms in total. The summed E-state index contributed by atoms with van der Waals surface area (Å²) in [4.78, 5) is 11.9. The Kier molecular flexibility index (Phi) is 4.58. The fraction of sp³-hybridized carbons (Fsp3) is 0.188. The maximum Gasteiger partial charge on any atom is 0.251 e. The number of rotatable bonds is 4. The molecule has 0 bridgehead atoms. The quantitative estimate of drug-likeness (QED) is 0.891. The van der Waals surface area contributed by atoms with Crippen molar-refractivity contribution in [1.82, 2.24) is 5.32 Å². The molecule has 0 atom stereocenters. The minimum absolute atomic E-state index is 0.0456. The Morgan fingerprint density at radius 1 is 1.16 bits per heavy atom. The second-order valence-electron chi connectivity index (χ2n) is 4.32. The van der Waals surface area contributed by atoms with Crippen LogP contribution in [0, 0.1) is 0 Å². The number of benzene rings is 2. The summed E-state index contributed by atoms with van der Waals surface area (Å²) in [6, 6.07) is 15.1. The normalized spacial score (nSPS) is 10.2. The van der Waals surface area contributed by atoms with E-state index in [1.165, 1.54) is 0 Å². The molecule has 0 saturated heterocycles. The lowest BCUT2D eigenvalue weighted by atomic mass is 10.0. The van der Waals surface area contributed by atoms with E-state index in [9.17, 15) is 4.79 Å². The summed E-state index contributed by atoms with van der Waals surface area (Å²) >= 11 is 6.17. The van der Waals surface area contributed by atoms with Gasteiger partial charge in [-0.2, -0.15) is 0 Å². The molecule has 0 saturated carbocycles. The van der Waals surface area contributed by atoms with Crippen LogP contribution in [0.5, 0.6) is 0 Å². The lowest BCUT2D eigenvalue weighted by molar-refractivity contribution is 0.0953. The first kappa shape index (κ1) is 13.6. The van der Waals surface area contributed by atoms with Gasteiger partial charge in [-0.15, -0.1) is 0 Å². The Balaban J connectivity index is 2.30. The highest BCUT2D eigenvalue weighted by molar-refractivity contribution is 6.33. The Hall–Kier alpha value is -1.80. The predicted octanol–water partition coefficient (Wildman–Crippen LogP) is 4.15. The van der Waals surface area contributed by atoms with Crippen LogP contribution in [0.25, 0.3) is 11.1 Å². The van der Waals surface area contributed by atoms with Crippen molar-refractivity contribution in [2.45, 2.75) is 13.3 Å². The van der Waals surface area contributed by atoms with Crippen LogP contribution in [-0.2, 0) is 0 Å². The Labute approximate surface area is 118 Å². The molecule has 2 rings (SSSR count). The number of carbonyl (C=O) groups is 1. The van der Waals surface area contributed by atoms with E-state index >= 15 is 0 Å². The van der Waals surface area contributed by atoms with Crippen LogP contribution < -0.4 is 5.32 Å². The Morgan fingerprint density at radius 3 is 2.68 bits per heavy atom. The fourth-order valence-corrected chi connectivity index (χ4v) is 2.11. The van der Waals surface area contributed by atoms with E-state index < -0.39 is 0 Å². The molecule has 0 fully saturated rings. The van der Waals surface area contributed by atoms with Crippen molar-refractivity contribution in [3.8, 4) is 11.1 Å². The van der Waals surface area contributed by atoms with E-state index in [0.717, 1.165) is 17.5 Å². The molecule has 0 heterocycles. The van der Waals surface area contributed by atoms with E-state index in [0.29, 0.717) is 17.1 Å². The molecule has 0 aliphatic heterocycles. The van der Waals surface area contributed by atoms with Crippen LogP contribution in [0.2, 0.25) is 5.02 Å². The van der Waals surface area contributed by atoms with Gasteiger partial charge in [0.25, 0.3) is 5.91 Å². The van der Waals surface area contributed by atoms with E-state index in [1.54, 1.807) is 0 Å². The topological polar surface area (TPSA) is 29.1 Å².